The zero-order valence-electron chi connectivity index (χ0n) is 11.7. The van der Waals surface area contributed by atoms with Gasteiger partial charge >= 0.3 is 0 Å². The molecule has 114 valence electrons. The quantitative estimate of drug-likeness (QED) is 0.764. The lowest BCUT2D eigenvalue weighted by molar-refractivity contribution is 0.340. The van der Waals surface area contributed by atoms with Gasteiger partial charge in [-0.3, -0.25) is 0 Å². The molecule has 1 heterocycles. The minimum Gasteiger partial charge on any atom is -0.492 e. The van der Waals surface area contributed by atoms with Crippen LogP contribution < -0.4 is 15.2 Å². The van der Waals surface area contributed by atoms with Crippen molar-refractivity contribution in [2.24, 2.45) is 0 Å². The van der Waals surface area contributed by atoms with Gasteiger partial charge < -0.3 is 10.5 Å². The van der Waals surface area contributed by atoms with Crippen LogP contribution in [0.25, 0.3) is 0 Å². The average Bonchev–Trinajstić information content (AvgIpc) is 2.84. The summed E-state index contributed by atoms with van der Waals surface area (Å²) in [5, 5.41) is 1.95. The molecule has 0 aliphatic carbocycles. The van der Waals surface area contributed by atoms with Gasteiger partial charge in [0, 0.05) is 17.1 Å². The summed E-state index contributed by atoms with van der Waals surface area (Å²) >= 11 is 1.54. The lowest BCUT2D eigenvalue weighted by atomic mass is 10.3. The van der Waals surface area contributed by atoms with Crippen LogP contribution in [0.1, 0.15) is 10.4 Å². The van der Waals surface area contributed by atoms with E-state index in [0.29, 0.717) is 18.0 Å². The van der Waals surface area contributed by atoms with E-state index < -0.39 is 10.0 Å². The summed E-state index contributed by atoms with van der Waals surface area (Å²) in [5.74, 6) is 0.524. The molecule has 0 spiro atoms. The van der Waals surface area contributed by atoms with E-state index in [1.165, 1.54) is 0 Å². The molecule has 21 heavy (non-hydrogen) atoms. The van der Waals surface area contributed by atoms with Crippen molar-refractivity contribution in [2.45, 2.75) is 13.5 Å². The highest BCUT2D eigenvalue weighted by atomic mass is 32.2. The molecule has 0 saturated carbocycles. The molecule has 7 heteroatoms. The molecule has 0 aliphatic rings. The Bertz CT molecular complexity index is 678. The highest BCUT2D eigenvalue weighted by Crippen LogP contribution is 2.15. The molecule has 0 saturated heterocycles. The van der Waals surface area contributed by atoms with Crippen LogP contribution in [0, 0.1) is 6.92 Å². The van der Waals surface area contributed by atoms with E-state index in [1.807, 2.05) is 18.4 Å². The van der Waals surface area contributed by atoms with E-state index in [2.05, 4.69) is 4.72 Å². The molecule has 0 unspecified atom stereocenters. The number of aryl methyl sites for hydroxylation is 1. The van der Waals surface area contributed by atoms with Crippen molar-refractivity contribution in [3.05, 3.63) is 46.2 Å². The first kappa shape index (κ1) is 15.8. The predicted octanol–water partition coefficient (Wildman–Crippen LogP) is 2.14. The van der Waals surface area contributed by atoms with Gasteiger partial charge in [0.1, 0.15) is 12.4 Å². The maximum Gasteiger partial charge on any atom is 0.215 e. The molecule has 0 amide bonds. The Labute approximate surface area is 128 Å². The van der Waals surface area contributed by atoms with Crippen LogP contribution in [0.3, 0.4) is 0 Å². The third kappa shape index (κ3) is 5.04. The number of hydrogen-bond acceptors (Lipinski definition) is 5. The number of anilines is 1. The lowest BCUT2D eigenvalue weighted by Crippen LogP contribution is -2.28. The normalized spacial score (nSPS) is 11.5. The SMILES string of the molecule is Cc1ccsc1CNS(=O)(=O)CCOc1ccc(N)cc1. The number of nitrogens with two attached hydrogens (primary N) is 1. The van der Waals surface area contributed by atoms with E-state index >= 15 is 0 Å². The van der Waals surface area contributed by atoms with E-state index in [1.54, 1.807) is 35.6 Å². The van der Waals surface area contributed by atoms with Crippen molar-refractivity contribution in [1.29, 1.82) is 0 Å². The van der Waals surface area contributed by atoms with Crippen LogP contribution in [0.5, 0.6) is 5.75 Å². The molecule has 0 bridgehead atoms. The summed E-state index contributed by atoms with van der Waals surface area (Å²) in [7, 11) is -3.35. The molecule has 3 N–H and O–H groups in total. The molecular formula is C14H18N2O3S2. The second-order valence-electron chi connectivity index (χ2n) is 4.58. The molecule has 2 rings (SSSR count). The number of nitrogens with one attached hydrogen (secondary N) is 1. The highest BCUT2D eigenvalue weighted by molar-refractivity contribution is 7.89. The van der Waals surface area contributed by atoms with Crippen LogP contribution in [0.2, 0.25) is 0 Å². The highest BCUT2D eigenvalue weighted by Gasteiger charge is 2.11. The molecule has 0 atom stereocenters. The number of nitrogen functional groups attached to an aromatic ring is 1. The summed E-state index contributed by atoms with van der Waals surface area (Å²) < 4.78 is 31.7. The van der Waals surface area contributed by atoms with Crippen molar-refractivity contribution in [1.82, 2.24) is 4.72 Å². The Hall–Kier alpha value is -1.57. The fraction of sp³-hybridized carbons (Fsp3) is 0.286. The number of rotatable bonds is 7. The topological polar surface area (TPSA) is 81.4 Å². The van der Waals surface area contributed by atoms with E-state index in [9.17, 15) is 8.42 Å². The van der Waals surface area contributed by atoms with Crippen LogP contribution in [-0.2, 0) is 16.6 Å². The van der Waals surface area contributed by atoms with Crippen molar-refractivity contribution < 1.29 is 13.2 Å². The zero-order valence-corrected chi connectivity index (χ0v) is 13.3. The maximum atomic E-state index is 11.9. The van der Waals surface area contributed by atoms with Crippen LogP contribution in [-0.4, -0.2) is 20.8 Å². The molecule has 2 aromatic rings. The fourth-order valence-electron chi connectivity index (χ4n) is 1.67. The smallest absolute Gasteiger partial charge is 0.215 e. The van der Waals surface area contributed by atoms with Gasteiger partial charge in [0.2, 0.25) is 10.0 Å². The lowest BCUT2D eigenvalue weighted by Gasteiger charge is -2.08. The predicted molar refractivity (Wildman–Crippen MR) is 86.0 cm³/mol. The third-order valence-electron chi connectivity index (χ3n) is 2.92. The largest absolute Gasteiger partial charge is 0.492 e. The van der Waals surface area contributed by atoms with Crippen molar-refractivity contribution in [2.75, 3.05) is 18.1 Å². The molecule has 1 aromatic heterocycles. The summed E-state index contributed by atoms with van der Waals surface area (Å²) in [6.07, 6.45) is 0. The Morgan fingerprint density at radius 2 is 1.95 bits per heavy atom. The van der Waals surface area contributed by atoms with Gasteiger partial charge in [-0.1, -0.05) is 0 Å². The Balaban J connectivity index is 1.78. The van der Waals surface area contributed by atoms with E-state index in [4.69, 9.17) is 10.5 Å². The van der Waals surface area contributed by atoms with Crippen LogP contribution >= 0.6 is 11.3 Å². The van der Waals surface area contributed by atoms with Gasteiger partial charge in [0.25, 0.3) is 0 Å². The van der Waals surface area contributed by atoms with E-state index in [0.717, 1.165) is 10.4 Å². The van der Waals surface area contributed by atoms with Gasteiger partial charge in [-0.2, -0.15) is 0 Å². The van der Waals surface area contributed by atoms with Gasteiger partial charge in [0.15, 0.2) is 0 Å². The molecular weight excluding hydrogens is 308 g/mol. The van der Waals surface area contributed by atoms with Crippen LogP contribution in [0.4, 0.5) is 5.69 Å². The summed E-state index contributed by atoms with van der Waals surface area (Å²) in [6, 6.07) is 8.82. The maximum absolute atomic E-state index is 11.9. The zero-order chi connectivity index (χ0) is 15.3. The third-order valence-corrected chi connectivity index (χ3v) is 5.23. The molecule has 1 aromatic carbocycles. The monoisotopic (exact) mass is 326 g/mol. The number of sulfonamides is 1. The van der Waals surface area contributed by atoms with Crippen molar-refractivity contribution >= 4 is 27.0 Å². The van der Waals surface area contributed by atoms with Gasteiger partial charge in [-0.15, -0.1) is 11.3 Å². The first-order valence-corrected chi connectivity index (χ1v) is 8.98. The summed E-state index contributed by atoms with van der Waals surface area (Å²) in [4.78, 5) is 1.03. The first-order chi connectivity index (χ1) is 9.96. The van der Waals surface area contributed by atoms with Gasteiger partial charge in [-0.05, 0) is 48.2 Å². The Morgan fingerprint density at radius 3 is 2.57 bits per heavy atom. The van der Waals surface area contributed by atoms with E-state index in [-0.39, 0.29) is 12.4 Å². The van der Waals surface area contributed by atoms with Crippen LogP contribution in [0.15, 0.2) is 35.7 Å². The van der Waals surface area contributed by atoms with Crippen molar-refractivity contribution in [3.63, 3.8) is 0 Å². The standard InChI is InChI=1S/C14H18N2O3S2/c1-11-6-8-20-14(11)10-16-21(17,18)9-7-19-13-4-2-12(15)3-5-13/h2-6,8,16H,7,9-10,15H2,1H3. The number of hydrogen-bond donors (Lipinski definition) is 2. The van der Waals surface area contributed by atoms with Crippen molar-refractivity contribution in [3.8, 4) is 5.75 Å². The molecule has 0 radical (unpaired) electrons. The first-order valence-electron chi connectivity index (χ1n) is 6.45. The number of benzene rings is 1. The fourth-order valence-corrected chi connectivity index (χ4v) is 3.41. The Morgan fingerprint density at radius 1 is 1.24 bits per heavy atom. The second kappa shape index (κ2) is 6.93. The second-order valence-corrected chi connectivity index (χ2v) is 7.51. The molecule has 0 fully saturated rings. The number of thiophene rings is 1. The summed E-state index contributed by atoms with van der Waals surface area (Å²) in [5.41, 5.74) is 7.30. The number of ether oxygens (including phenoxy) is 1. The van der Waals surface area contributed by atoms with Gasteiger partial charge in [0.05, 0.1) is 5.75 Å². The molecule has 0 aliphatic heterocycles. The molecule has 5 nitrogen and oxygen atoms in total. The Kier molecular flexibility index (Phi) is 5.22. The average molecular weight is 326 g/mol. The minimum atomic E-state index is -3.35. The minimum absolute atomic E-state index is 0.0815. The van der Waals surface area contributed by atoms with Gasteiger partial charge in [-0.25, -0.2) is 13.1 Å². The summed E-state index contributed by atoms with van der Waals surface area (Å²) in [6.45, 7) is 2.39.